The van der Waals surface area contributed by atoms with Gasteiger partial charge in [-0.25, -0.2) is 8.42 Å². The Balaban J connectivity index is 2.31. The minimum atomic E-state index is -3.67. The van der Waals surface area contributed by atoms with Crippen molar-refractivity contribution in [1.29, 1.82) is 0 Å². The van der Waals surface area contributed by atoms with Crippen molar-refractivity contribution in [2.24, 2.45) is 0 Å². The number of hydrogen-bond acceptors (Lipinski definition) is 3. The van der Waals surface area contributed by atoms with Gasteiger partial charge in [0.05, 0.1) is 4.90 Å². The highest BCUT2D eigenvalue weighted by molar-refractivity contribution is 7.92. The fourth-order valence-corrected chi connectivity index (χ4v) is 2.70. The summed E-state index contributed by atoms with van der Waals surface area (Å²) >= 11 is 0. The van der Waals surface area contributed by atoms with Gasteiger partial charge in [-0.1, -0.05) is 29.8 Å². The second-order valence-corrected chi connectivity index (χ2v) is 5.84. The van der Waals surface area contributed by atoms with E-state index < -0.39 is 10.0 Å². The van der Waals surface area contributed by atoms with Crippen molar-refractivity contribution in [2.45, 2.75) is 11.8 Å². The Morgan fingerprint density at radius 1 is 1.05 bits per heavy atom. The number of nitrogens with one attached hydrogen (secondary N) is 1. The van der Waals surface area contributed by atoms with Gasteiger partial charge in [-0.3, -0.25) is 9.52 Å². The summed E-state index contributed by atoms with van der Waals surface area (Å²) in [5, 5.41) is 0. The van der Waals surface area contributed by atoms with E-state index in [2.05, 4.69) is 4.72 Å². The fraction of sp³-hybridized carbons (Fsp3) is 0.0714. The third-order valence-corrected chi connectivity index (χ3v) is 3.99. The Labute approximate surface area is 112 Å². The minimum Gasteiger partial charge on any atom is -0.298 e. The molecule has 1 N–H and O–H groups in total. The monoisotopic (exact) mass is 275 g/mol. The summed E-state index contributed by atoms with van der Waals surface area (Å²) in [6.07, 6.45) is 0.616. The standard InChI is InChI=1S/C14H13NO3S/c1-11-5-7-13(8-6-11)15-19(17,18)14-4-2-3-12(9-14)10-16/h2-10,15H,1H3. The number of anilines is 1. The highest BCUT2D eigenvalue weighted by Crippen LogP contribution is 2.17. The van der Waals surface area contributed by atoms with Crippen LogP contribution >= 0.6 is 0 Å². The molecular weight excluding hydrogens is 262 g/mol. The van der Waals surface area contributed by atoms with Crippen LogP contribution in [-0.2, 0) is 10.0 Å². The molecule has 0 amide bonds. The predicted octanol–water partition coefficient (Wildman–Crippen LogP) is 2.61. The molecule has 0 atom stereocenters. The first-order valence-electron chi connectivity index (χ1n) is 5.66. The maximum absolute atomic E-state index is 12.1. The molecule has 19 heavy (non-hydrogen) atoms. The van der Waals surface area contributed by atoms with Crippen molar-refractivity contribution in [2.75, 3.05) is 4.72 Å². The van der Waals surface area contributed by atoms with Crippen LogP contribution in [0.15, 0.2) is 53.4 Å². The molecule has 0 radical (unpaired) electrons. The van der Waals surface area contributed by atoms with E-state index in [4.69, 9.17) is 0 Å². The summed E-state index contributed by atoms with van der Waals surface area (Å²) in [7, 11) is -3.67. The zero-order chi connectivity index (χ0) is 13.9. The zero-order valence-corrected chi connectivity index (χ0v) is 11.1. The lowest BCUT2D eigenvalue weighted by molar-refractivity contribution is 0.112. The summed E-state index contributed by atoms with van der Waals surface area (Å²) in [6.45, 7) is 1.92. The summed E-state index contributed by atoms with van der Waals surface area (Å²) in [5.74, 6) is 0. The topological polar surface area (TPSA) is 63.2 Å². The van der Waals surface area contributed by atoms with Gasteiger partial charge in [-0.15, -0.1) is 0 Å². The molecule has 0 aliphatic carbocycles. The third kappa shape index (κ3) is 3.20. The zero-order valence-electron chi connectivity index (χ0n) is 10.3. The molecule has 0 saturated carbocycles. The molecule has 2 rings (SSSR count). The molecule has 0 heterocycles. The Morgan fingerprint density at radius 2 is 1.74 bits per heavy atom. The van der Waals surface area contributed by atoms with E-state index in [0.29, 0.717) is 17.5 Å². The van der Waals surface area contributed by atoms with Crippen LogP contribution < -0.4 is 4.72 Å². The molecule has 2 aromatic carbocycles. The lowest BCUT2D eigenvalue weighted by atomic mass is 10.2. The minimum absolute atomic E-state index is 0.0673. The van der Waals surface area contributed by atoms with Crippen LogP contribution in [0.5, 0.6) is 0 Å². The number of carbonyl (C=O) groups excluding carboxylic acids is 1. The Kier molecular flexibility index (Phi) is 3.66. The lowest BCUT2D eigenvalue weighted by Gasteiger charge is -2.08. The van der Waals surface area contributed by atoms with Crippen molar-refractivity contribution in [3.05, 3.63) is 59.7 Å². The van der Waals surface area contributed by atoms with E-state index in [1.165, 1.54) is 18.2 Å². The number of hydrogen-bond donors (Lipinski definition) is 1. The van der Waals surface area contributed by atoms with Crippen LogP contribution in [0.3, 0.4) is 0 Å². The number of benzene rings is 2. The third-order valence-electron chi connectivity index (χ3n) is 2.61. The first-order valence-corrected chi connectivity index (χ1v) is 7.14. The van der Waals surface area contributed by atoms with Gasteiger partial charge in [-0.05, 0) is 31.2 Å². The molecule has 0 aromatic heterocycles. The van der Waals surface area contributed by atoms with Gasteiger partial charge >= 0.3 is 0 Å². The Bertz CT molecular complexity index is 691. The summed E-state index contributed by atoms with van der Waals surface area (Å²) < 4.78 is 26.7. The smallest absolute Gasteiger partial charge is 0.261 e. The van der Waals surface area contributed by atoms with E-state index in [-0.39, 0.29) is 4.90 Å². The summed E-state index contributed by atoms with van der Waals surface area (Å²) in [6, 6.07) is 12.9. The number of aryl methyl sites for hydroxylation is 1. The highest BCUT2D eigenvalue weighted by atomic mass is 32.2. The maximum atomic E-state index is 12.1. The normalized spacial score (nSPS) is 11.0. The Hall–Kier alpha value is -2.14. The van der Waals surface area contributed by atoms with Crippen molar-refractivity contribution < 1.29 is 13.2 Å². The van der Waals surface area contributed by atoms with E-state index in [1.54, 1.807) is 18.2 Å². The van der Waals surface area contributed by atoms with Crippen molar-refractivity contribution in [3.63, 3.8) is 0 Å². The number of rotatable bonds is 4. The average Bonchev–Trinajstić information content (AvgIpc) is 2.41. The van der Waals surface area contributed by atoms with Gasteiger partial charge in [0.1, 0.15) is 6.29 Å². The van der Waals surface area contributed by atoms with Crippen LogP contribution in [0.1, 0.15) is 15.9 Å². The van der Waals surface area contributed by atoms with Crippen LogP contribution in [0, 0.1) is 6.92 Å². The molecule has 0 aliphatic heterocycles. The molecule has 0 unspecified atom stereocenters. The van der Waals surface area contributed by atoms with Gasteiger partial charge < -0.3 is 0 Å². The van der Waals surface area contributed by atoms with Crippen LogP contribution in [0.25, 0.3) is 0 Å². The first kappa shape index (κ1) is 13.3. The SMILES string of the molecule is Cc1ccc(NS(=O)(=O)c2cccc(C=O)c2)cc1. The molecular formula is C14H13NO3S. The van der Waals surface area contributed by atoms with Gasteiger partial charge in [-0.2, -0.15) is 0 Å². The molecule has 98 valence electrons. The molecule has 0 fully saturated rings. The van der Waals surface area contributed by atoms with Crippen LogP contribution in [0.2, 0.25) is 0 Å². The van der Waals surface area contributed by atoms with E-state index in [0.717, 1.165) is 5.56 Å². The van der Waals surface area contributed by atoms with E-state index in [9.17, 15) is 13.2 Å². The fourth-order valence-electron chi connectivity index (χ4n) is 1.59. The van der Waals surface area contributed by atoms with Gasteiger partial charge in [0, 0.05) is 11.3 Å². The van der Waals surface area contributed by atoms with Gasteiger partial charge in [0.25, 0.3) is 10.0 Å². The van der Waals surface area contributed by atoms with Gasteiger partial charge in [0.15, 0.2) is 0 Å². The summed E-state index contributed by atoms with van der Waals surface area (Å²) in [4.78, 5) is 10.7. The maximum Gasteiger partial charge on any atom is 0.261 e. The largest absolute Gasteiger partial charge is 0.298 e. The van der Waals surface area contributed by atoms with Crippen LogP contribution in [0.4, 0.5) is 5.69 Å². The number of aldehydes is 1. The molecule has 0 saturated heterocycles. The molecule has 0 spiro atoms. The molecule has 0 aliphatic rings. The van der Waals surface area contributed by atoms with Crippen LogP contribution in [-0.4, -0.2) is 14.7 Å². The summed E-state index contributed by atoms with van der Waals surface area (Å²) in [5.41, 5.74) is 1.86. The van der Waals surface area contributed by atoms with Crippen molar-refractivity contribution in [1.82, 2.24) is 0 Å². The highest BCUT2D eigenvalue weighted by Gasteiger charge is 2.14. The Morgan fingerprint density at radius 3 is 2.37 bits per heavy atom. The van der Waals surface area contributed by atoms with Gasteiger partial charge in [0.2, 0.25) is 0 Å². The predicted molar refractivity (Wildman–Crippen MR) is 73.8 cm³/mol. The van der Waals surface area contributed by atoms with E-state index >= 15 is 0 Å². The number of carbonyl (C=O) groups is 1. The second kappa shape index (κ2) is 5.24. The quantitative estimate of drug-likeness (QED) is 0.872. The van der Waals surface area contributed by atoms with Crippen molar-refractivity contribution >= 4 is 22.0 Å². The molecule has 5 heteroatoms. The van der Waals surface area contributed by atoms with E-state index in [1.807, 2.05) is 19.1 Å². The second-order valence-electron chi connectivity index (χ2n) is 4.16. The molecule has 0 bridgehead atoms. The number of sulfonamides is 1. The first-order chi connectivity index (χ1) is 9.01. The molecule has 4 nitrogen and oxygen atoms in total. The lowest BCUT2D eigenvalue weighted by Crippen LogP contribution is -2.13. The average molecular weight is 275 g/mol. The molecule has 2 aromatic rings. The van der Waals surface area contributed by atoms with Crippen molar-refractivity contribution in [3.8, 4) is 0 Å².